The summed E-state index contributed by atoms with van der Waals surface area (Å²) in [6, 6.07) is 0. The van der Waals surface area contributed by atoms with E-state index in [1.807, 2.05) is 13.0 Å². The highest BCUT2D eigenvalue weighted by molar-refractivity contribution is 5.82. The van der Waals surface area contributed by atoms with Crippen LogP contribution in [0.2, 0.25) is 0 Å². The zero-order valence-electron chi connectivity index (χ0n) is 9.22. The van der Waals surface area contributed by atoms with Crippen LogP contribution in [0.5, 0.6) is 0 Å². The van der Waals surface area contributed by atoms with E-state index in [0.29, 0.717) is 0 Å². The molecule has 0 aromatic rings. The first-order valence-corrected chi connectivity index (χ1v) is 4.94. The van der Waals surface area contributed by atoms with Crippen molar-refractivity contribution in [3.05, 3.63) is 12.7 Å². The molecule has 0 aliphatic carbocycles. The fourth-order valence-electron chi connectivity index (χ4n) is 2.20. The van der Waals surface area contributed by atoms with Crippen molar-refractivity contribution in [1.82, 2.24) is 5.32 Å². The first-order valence-electron chi connectivity index (χ1n) is 4.94. The summed E-state index contributed by atoms with van der Waals surface area (Å²) in [5, 5.41) is 3.24. The number of methoxy groups -OCH3 is 1. The molecule has 14 heavy (non-hydrogen) atoms. The molecule has 0 aromatic carbocycles. The van der Waals surface area contributed by atoms with Crippen LogP contribution in [0.1, 0.15) is 26.7 Å². The van der Waals surface area contributed by atoms with Gasteiger partial charge in [0.15, 0.2) is 0 Å². The maximum atomic E-state index is 11.7. The van der Waals surface area contributed by atoms with Crippen LogP contribution in [-0.4, -0.2) is 25.2 Å². The summed E-state index contributed by atoms with van der Waals surface area (Å²) in [5.74, 6) is -0.181. The van der Waals surface area contributed by atoms with Gasteiger partial charge in [0.1, 0.15) is 5.54 Å². The molecule has 0 unspecified atom stereocenters. The third-order valence-electron chi connectivity index (χ3n) is 3.55. The van der Waals surface area contributed by atoms with Gasteiger partial charge in [0, 0.05) is 5.41 Å². The van der Waals surface area contributed by atoms with Crippen LogP contribution in [0.4, 0.5) is 0 Å². The topological polar surface area (TPSA) is 38.3 Å². The summed E-state index contributed by atoms with van der Waals surface area (Å²) in [4.78, 5) is 11.7. The molecule has 0 saturated carbocycles. The van der Waals surface area contributed by atoms with E-state index in [4.69, 9.17) is 4.74 Å². The molecule has 1 aliphatic rings. The number of esters is 1. The van der Waals surface area contributed by atoms with Crippen molar-refractivity contribution in [2.24, 2.45) is 5.41 Å². The molecular weight excluding hydrogens is 178 g/mol. The Morgan fingerprint density at radius 1 is 1.64 bits per heavy atom. The second-order valence-corrected chi connectivity index (χ2v) is 4.35. The number of hydrogen-bond acceptors (Lipinski definition) is 3. The van der Waals surface area contributed by atoms with E-state index in [-0.39, 0.29) is 11.4 Å². The summed E-state index contributed by atoms with van der Waals surface area (Å²) in [7, 11) is 1.43. The SMILES string of the molecule is C=CC[C@]1(C)CCN[C@]1(C)C(=O)OC. The smallest absolute Gasteiger partial charge is 0.326 e. The van der Waals surface area contributed by atoms with Gasteiger partial charge in [-0.3, -0.25) is 4.79 Å². The van der Waals surface area contributed by atoms with Gasteiger partial charge in [0.05, 0.1) is 7.11 Å². The summed E-state index contributed by atoms with van der Waals surface area (Å²) >= 11 is 0. The molecule has 0 spiro atoms. The first kappa shape index (κ1) is 11.2. The minimum Gasteiger partial charge on any atom is -0.468 e. The number of rotatable bonds is 3. The van der Waals surface area contributed by atoms with Gasteiger partial charge in [-0.15, -0.1) is 6.58 Å². The molecule has 80 valence electrons. The van der Waals surface area contributed by atoms with Crippen molar-refractivity contribution in [2.75, 3.05) is 13.7 Å². The Kier molecular flexibility index (Phi) is 3.00. The van der Waals surface area contributed by atoms with E-state index >= 15 is 0 Å². The Bertz CT molecular complexity index is 252. The normalized spacial score (nSPS) is 36.8. The molecule has 0 radical (unpaired) electrons. The van der Waals surface area contributed by atoms with Crippen LogP contribution in [-0.2, 0) is 9.53 Å². The molecule has 1 rings (SSSR count). The Hall–Kier alpha value is -0.830. The third kappa shape index (κ3) is 1.46. The molecule has 3 heteroatoms. The van der Waals surface area contributed by atoms with E-state index in [1.54, 1.807) is 0 Å². The van der Waals surface area contributed by atoms with Crippen LogP contribution in [0.3, 0.4) is 0 Å². The highest BCUT2D eigenvalue weighted by atomic mass is 16.5. The summed E-state index contributed by atoms with van der Waals surface area (Å²) in [6.07, 6.45) is 3.67. The molecule has 1 aliphatic heterocycles. The Balaban J connectivity index is 2.95. The maximum Gasteiger partial charge on any atom is 0.326 e. The van der Waals surface area contributed by atoms with Crippen LogP contribution < -0.4 is 5.32 Å². The monoisotopic (exact) mass is 197 g/mol. The average Bonchev–Trinajstić information content (AvgIpc) is 2.44. The van der Waals surface area contributed by atoms with Gasteiger partial charge in [-0.2, -0.15) is 0 Å². The Labute approximate surface area is 85.5 Å². The maximum absolute atomic E-state index is 11.7. The largest absolute Gasteiger partial charge is 0.468 e. The second-order valence-electron chi connectivity index (χ2n) is 4.35. The molecular formula is C11H19NO2. The van der Waals surface area contributed by atoms with Gasteiger partial charge < -0.3 is 10.1 Å². The summed E-state index contributed by atoms with van der Waals surface area (Å²) < 4.78 is 4.84. The van der Waals surface area contributed by atoms with Crippen LogP contribution >= 0.6 is 0 Å². The third-order valence-corrected chi connectivity index (χ3v) is 3.55. The minimum atomic E-state index is -0.573. The predicted octanol–water partition coefficient (Wildman–Crippen LogP) is 1.49. The molecule has 1 fully saturated rings. The molecule has 1 N–H and O–H groups in total. The Morgan fingerprint density at radius 2 is 2.29 bits per heavy atom. The summed E-state index contributed by atoms with van der Waals surface area (Å²) in [6.45, 7) is 8.61. The zero-order chi connectivity index (χ0) is 10.8. The van der Waals surface area contributed by atoms with Gasteiger partial charge >= 0.3 is 5.97 Å². The number of nitrogens with one attached hydrogen (secondary N) is 1. The number of allylic oxidation sites excluding steroid dienone is 1. The van der Waals surface area contributed by atoms with Gasteiger partial charge in [-0.1, -0.05) is 13.0 Å². The lowest BCUT2D eigenvalue weighted by Crippen LogP contribution is -2.54. The van der Waals surface area contributed by atoms with Crippen molar-refractivity contribution in [2.45, 2.75) is 32.2 Å². The fourth-order valence-corrected chi connectivity index (χ4v) is 2.20. The van der Waals surface area contributed by atoms with Crippen molar-refractivity contribution in [3.63, 3.8) is 0 Å². The molecule has 0 bridgehead atoms. The zero-order valence-corrected chi connectivity index (χ0v) is 9.22. The lowest BCUT2D eigenvalue weighted by atomic mass is 9.70. The van der Waals surface area contributed by atoms with Crippen LogP contribution in [0, 0.1) is 5.41 Å². The van der Waals surface area contributed by atoms with Crippen molar-refractivity contribution >= 4 is 5.97 Å². The van der Waals surface area contributed by atoms with Gasteiger partial charge in [0.2, 0.25) is 0 Å². The molecule has 1 saturated heterocycles. The lowest BCUT2D eigenvalue weighted by Gasteiger charge is -2.37. The molecule has 0 amide bonds. The minimum absolute atomic E-state index is 0.0815. The number of carbonyl (C=O) groups is 1. The highest BCUT2D eigenvalue weighted by Gasteiger charge is 2.53. The average molecular weight is 197 g/mol. The summed E-state index contributed by atoms with van der Waals surface area (Å²) in [5.41, 5.74) is -0.655. The van der Waals surface area contributed by atoms with E-state index in [2.05, 4.69) is 18.8 Å². The Morgan fingerprint density at radius 3 is 2.79 bits per heavy atom. The van der Waals surface area contributed by atoms with Crippen LogP contribution in [0.15, 0.2) is 12.7 Å². The van der Waals surface area contributed by atoms with Crippen molar-refractivity contribution < 1.29 is 9.53 Å². The van der Waals surface area contributed by atoms with E-state index in [0.717, 1.165) is 19.4 Å². The van der Waals surface area contributed by atoms with Crippen molar-refractivity contribution in [3.8, 4) is 0 Å². The van der Waals surface area contributed by atoms with Crippen LogP contribution in [0.25, 0.3) is 0 Å². The molecule has 0 aromatic heterocycles. The molecule has 3 nitrogen and oxygen atoms in total. The quantitative estimate of drug-likeness (QED) is 0.550. The highest BCUT2D eigenvalue weighted by Crippen LogP contribution is 2.43. The molecule has 1 heterocycles. The van der Waals surface area contributed by atoms with Gasteiger partial charge in [0.25, 0.3) is 0 Å². The standard InChI is InChI=1S/C11H19NO2/c1-5-6-10(2)7-8-12-11(10,3)9(13)14-4/h5,12H,1,6-8H2,2-4H3/t10-,11-/m1/s1. The number of hydrogen-bond donors (Lipinski definition) is 1. The van der Waals surface area contributed by atoms with Gasteiger partial charge in [-0.25, -0.2) is 0 Å². The van der Waals surface area contributed by atoms with Crippen molar-refractivity contribution in [1.29, 1.82) is 0 Å². The van der Waals surface area contributed by atoms with E-state index in [1.165, 1.54) is 7.11 Å². The van der Waals surface area contributed by atoms with E-state index in [9.17, 15) is 4.79 Å². The fraction of sp³-hybridized carbons (Fsp3) is 0.727. The lowest BCUT2D eigenvalue weighted by molar-refractivity contribution is -0.151. The number of ether oxygens (including phenoxy) is 1. The molecule has 2 atom stereocenters. The van der Waals surface area contributed by atoms with Gasteiger partial charge in [-0.05, 0) is 26.3 Å². The number of carbonyl (C=O) groups excluding carboxylic acids is 1. The first-order chi connectivity index (χ1) is 6.50. The second kappa shape index (κ2) is 3.73. The predicted molar refractivity (Wildman–Crippen MR) is 56.0 cm³/mol. The van der Waals surface area contributed by atoms with E-state index < -0.39 is 5.54 Å².